The maximum atomic E-state index is 10.8. The summed E-state index contributed by atoms with van der Waals surface area (Å²) < 4.78 is 4.38. The Hall–Kier alpha value is -2.11. The number of carbonyl (C=O) groups is 1. The lowest BCUT2D eigenvalue weighted by Gasteiger charge is -2.04. The van der Waals surface area contributed by atoms with Crippen molar-refractivity contribution in [3.8, 4) is 0 Å². The zero-order chi connectivity index (χ0) is 12.0. The maximum absolute atomic E-state index is 10.8. The molecule has 0 fully saturated rings. The Morgan fingerprint density at radius 3 is 2.81 bits per heavy atom. The zero-order valence-corrected chi connectivity index (χ0v) is 8.80. The van der Waals surface area contributed by atoms with Crippen molar-refractivity contribution in [1.29, 1.82) is 0 Å². The number of hydrogen-bond acceptors (Lipinski definition) is 4. The van der Waals surface area contributed by atoms with Crippen LogP contribution in [0.3, 0.4) is 0 Å². The fourth-order valence-corrected chi connectivity index (χ4v) is 1.27. The van der Waals surface area contributed by atoms with Crippen LogP contribution < -0.4 is 5.32 Å². The number of carbonyl (C=O) groups excluding carboxylic acids is 1. The molecule has 6 heteroatoms. The van der Waals surface area contributed by atoms with Crippen LogP contribution in [0.15, 0.2) is 24.3 Å². The second-order valence-electron chi connectivity index (χ2n) is 3.05. The number of para-hydroxylation sites is 1. The summed E-state index contributed by atoms with van der Waals surface area (Å²) >= 11 is 0. The van der Waals surface area contributed by atoms with Gasteiger partial charge in [-0.05, 0) is 6.42 Å². The maximum Gasteiger partial charge on any atom is 0.406 e. The molecule has 1 aromatic carbocycles. The van der Waals surface area contributed by atoms with Gasteiger partial charge in [-0.15, -0.1) is 0 Å². The molecule has 0 aromatic heterocycles. The second-order valence-corrected chi connectivity index (χ2v) is 3.05. The zero-order valence-electron chi connectivity index (χ0n) is 8.80. The lowest BCUT2D eigenvalue weighted by atomic mass is 10.1. The molecule has 0 saturated carbocycles. The average molecular weight is 224 g/mol. The molecule has 86 valence electrons. The Balaban J connectivity index is 2.60. The number of methoxy groups -OCH3 is 1. The van der Waals surface area contributed by atoms with Gasteiger partial charge in [0.1, 0.15) is 0 Å². The molecule has 0 radical (unpaired) electrons. The van der Waals surface area contributed by atoms with Gasteiger partial charge in [-0.1, -0.05) is 18.2 Å². The third-order valence-electron chi connectivity index (χ3n) is 2.04. The normalized spacial score (nSPS) is 9.56. The molecule has 1 N–H and O–H groups in total. The molecular formula is C10H12N2O4. The fraction of sp³-hybridized carbons (Fsp3) is 0.300. The van der Waals surface area contributed by atoms with E-state index in [0.29, 0.717) is 18.5 Å². The number of rotatable bonds is 4. The summed E-state index contributed by atoms with van der Waals surface area (Å²) in [6.07, 6.45) is -0.148. The molecule has 0 saturated heterocycles. The predicted octanol–water partition coefficient (Wildman–Crippen LogP) is 1.49. The van der Waals surface area contributed by atoms with Crippen molar-refractivity contribution in [3.63, 3.8) is 0 Å². The van der Waals surface area contributed by atoms with E-state index < -0.39 is 11.0 Å². The minimum atomic E-state index is -0.543. The summed E-state index contributed by atoms with van der Waals surface area (Å²) in [4.78, 5) is 21.0. The first kappa shape index (κ1) is 12.0. The minimum absolute atomic E-state index is 0.0640. The first-order chi connectivity index (χ1) is 7.65. The number of hydrogen-bond donors (Lipinski definition) is 1. The Labute approximate surface area is 92.4 Å². The van der Waals surface area contributed by atoms with Gasteiger partial charge in [0.05, 0.1) is 12.0 Å². The molecule has 6 nitrogen and oxygen atoms in total. The molecule has 1 amide bonds. The SMILES string of the molecule is COC(=O)NCCc1ccccc1[N+](=O)[O-]. The van der Waals surface area contributed by atoms with E-state index in [1.807, 2.05) is 0 Å². The van der Waals surface area contributed by atoms with E-state index in [1.54, 1.807) is 18.2 Å². The summed E-state index contributed by atoms with van der Waals surface area (Å²) in [5, 5.41) is 13.1. The minimum Gasteiger partial charge on any atom is -0.453 e. The standard InChI is InChI=1S/C10H12N2O4/c1-16-10(13)11-7-6-8-4-2-3-5-9(8)12(14)15/h2-5H,6-7H2,1H3,(H,11,13). The van der Waals surface area contributed by atoms with Crippen molar-refractivity contribution in [2.75, 3.05) is 13.7 Å². The largest absolute Gasteiger partial charge is 0.453 e. The summed E-state index contributed by atoms with van der Waals surface area (Å²) in [5.74, 6) is 0. The Kier molecular flexibility index (Phi) is 4.26. The molecule has 0 atom stereocenters. The molecule has 0 spiro atoms. The van der Waals surface area contributed by atoms with Gasteiger partial charge < -0.3 is 10.1 Å². The molecule has 1 rings (SSSR count). The van der Waals surface area contributed by atoms with E-state index in [1.165, 1.54) is 13.2 Å². The van der Waals surface area contributed by atoms with Gasteiger partial charge >= 0.3 is 6.09 Å². The second kappa shape index (κ2) is 5.69. The van der Waals surface area contributed by atoms with Crippen LogP contribution in [0, 0.1) is 10.1 Å². The molecule has 0 bridgehead atoms. The molecule has 0 aliphatic rings. The Bertz CT molecular complexity index is 392. The highest BCUT2D eigenvalue weighted by Gasteiger charge is 2.11. The third-order valence-corrected chi connectivity index (χ3v) is 2.04. The van der Waals surface area contributed by atoms with Crippen LogP contribution in [0.2, 0.25) is 0 Å². The van der Waals surface area contributed by atoms with Crippen LogP contribution in [-0.2, 0) is 11.2 Å². The average Bonchev–Trinajstić information content (AvgIpc) is 2.29. The molecular weight excluding hydrogens is 212 g/mol. The highest BCUT2D eigenvalue weighted by atomic mass is 16.6. The summed E-state index contributed by atoms with van der Waals surface area (Å²) in [6.45, 7) is 0.303. The smallest absolute Gasteiger partial charge is 0.406 e. The van der Waals surface area contributed by atoms with Gasteiger partial charge in [0, 0.05) is 18.2 Å². The third kappa shape index (κ3) is 3.23. The number of nitrogens with zero attached hydrogens (tertiary/aromatic N) is 1. The lowest BCUT2D eigenvalue weighted by Crippen LogP contribution is -2.25. The first-order valence-electron chi connectivity index (χ1n) is 4.69. The predicted molar refractivity (Wildman–Crippen MR) is 57.2 cm³/mol. The van der Waals surface area contributed by atoms with Crippen molar-refractivity contribution in [1.82, 2.24) is 5.32 Å². The lowest BCUT2D eigenvalue weighted by molar-refractivity contribution is -0.385. The summed E-state index contributed by atoms with van der Waals surface area (Å²) in [6, 6.07) is 6.43. The van der Waals surface area contributed by atoms with Crippen LogP contribution in [0.25, 0.3) is 0 Å². The van der Waals surface area contributed by atoms with Crippen molar-refractivity contribution in [3.05, 3.63) is 39.9 Å². The van der Waals surface area contributed by atoms with Gasteiger partial charge in [-0.2, -0.15) is 0 Å². The number of nitro groups is 1. The van der Waals surface area contributed by atoms with Gasteiger partial charge in [0.25, 0.3) is 5.69 Å². The highest BCUT2D eigenvalue weighted by Crippen LogP contribution is 2.17. The van der Waals surface area contributed by atoms with Crippen LogP contribution in [-0.4, -0.2) is 24.7 Å². The molecule has 1 aromatic rings. The van der Waals surface area contributed by atoms with Crippen molar-refractivity contribution < 1.29 is 14.5 Å². The van der Waals surface area contributed by atoms with E-state index in [0.717, 1.165) is 0 Å². The Morgan fingerprint density at radius 2 is 2.19 bits per heavy atom. The number of amides is 1. The van der Waals surface area contributed by atoms with Gasteiger partial charge in [0.2, 0.25) is 0 Å². The van der Waals surface area contributed by atoms with Crippen molar-refractivity contribution >= 4 is 11.8 Å². The molecule has 0 unspecified atom stereocenters. The van der Waals surface area contributed by atoms with Gasteiger partial charge in [0.15, 0.2) is 0 Å². The highest BCUT2D eigenvalue weighted by molar-refractivity contribution is 5.66. The monoisotopic (exact) mass is 224 g/mol. The summed E-state index contributed by atoms with van der Waals surface area (Å²) in [7, 11) is 1.26. The van der Waals surface area contributed by atoms with Gasteiger partial charge in [-0.25, -0.2) is 4.79 Å². The van der Waals surface area contributed by atoms with Crippen LogP contribution in [0.1, 0.15) is 5.56 Å². The van der Waals surface area contributed by atoms with Crippen molar-refractivity contribution in [2.45, 2.75) is 6.42 Å². The van der Waals surface area contributed by atoms with E-state index >= 15 is 0 Å². The van der Waals surface area contributed by atoms with Crippen LogP contribution in [0.5, 0.6) is 0 Å². The van der Waals surface area contributed by atoms with Crippen LogP contribution in [0.4, 0.5) is 10.5 Å². The number of nitrogens with one attached hydrogen (secondary N) is 1. The number of nitro benzene ring substituents is 1. The fourth-order valence-electron chi connectivity index (χ4n) is 1.27. The number of benzene rings is 1. The van der Waals surface area contributed by atoms with E-state index in [-0.39, 0.29) is 5.69 Å². The van der Waals surface area contributed by atoms with Crippen LogP contribution >= 0.6 is 0 Å². The molecule has 0 heterocycles. The van der Waals surface area contributed by atoms with Gasteiger partial charge in [-0.3, -0.25) is 10.1 Å². The van der Waals surface area contributed by atoms with E-state index in [2.05, 4.69) is 10.1 Å². The summed E-state index contributed by atoms with van der Waals surface area (Å²) in [5.41, 5.74) is 0.651. The van der Waals surface area contributed by atoms with E-state index in [9.17, 15) is 14.9 Å². The van der Waals surface area contributed by atoms with Crippen molar-refractivity contribution in [2.24, 2.45) is 0 Å². The first-order valence-corrected chi connectivity index (χ1v) is 4.69. The molecule has 16 heavy (non-hydrogen) atoms. The number of ether oxygens (including phenoxy) is 1. The van der Waals surface area contributed by atoms with E-state index in [4.69, 9.17) is 0 Å². The quantitative estimate of drug-likeness (QED) is 0.620. The number of alkyl carbamates (subject to hydrolysis) is 1. The molecule has 0 aliphatic carbocycles. The Morgan fingerprint density at radius 1 is 1.50 bits per heavy atom. The molecule has 0 aliphatic heterocycles. The topological polar surface area (TPSA) is 81.5 Å².